The van der Waals surface area contributed by atoms with E-state index < -0.39 is 39.6 Å². The number of amides is 2. The van der Waals surface area contributed by atoms with Crippen LogP contribution in [0.1, 0.15) is 40.7 Å². The Hall–Kier alpha value is -2.92. The van der Waals surface area contributed by atoms with E-state index in [2.05, 4.69) is 5.32 Å². The van der Waals surface area contributed by atoms with Crippen molar-refractivity contribution in [1.82, 2.24) is 14.5 Å². The van der Waals surface area contributed by atoms with Crippen LogP contribution in [-0.2, 0) is 27.5 Å². The maximum Gasteiger partial charge on any atom is 0.416 e. The zero-order valence-corrected chi connectivity index (χ0v) is 19.6. The smallest absolute Gasteiger partial charge is 0.350 e. The molecule has 1 aliphatic heterocycles. The molecule has 0 unspecified atom stereocenters. The minimum absolute atomic E-state index is 0.0199. The largest absolute Gasteiger partial charge is 0.416 e. The van der Waals surface area contributed by atoms with Gasteiger partial charge in [0, 0.05) is 32.7 Å². The zero-order chi connectivity index (χ0) is 25.1. The first-order valence-electron chi connectivity index (χ1n) is 10.7. The van der Waals surface area contributed by atoms with Gasteiger partial charge in [-0.25, -0.2) is 12.7 Å². The molecule has 0 radical (unpaired) electrons. The van der Waals surface area contributed by atoms with Crippen molar-refractivity contribution in [1.29, 1.82) is 0 Å². The number of rotatable bonds is 6. The van der Waals surface area contributed by atoms with E-state index >= 15 is 0 Å². The van der Waals surface area contributed by atoms with Crippen LogP contribution in [0.2, 0.25) is 0 Å². The minimum atomic E-state index is -4.44. The predicted octanol–water partition coefficient (Wildman–Crippen LogP) is 3.27. The van der Waals surface area contributed by atoms with Crippen LogP contribution in [-0.4, -0.2) is 56.1 Å². The number of nitrogens with one attached hydrogen (secondary N) is 1. The molecule has 1 heterocycles. The van der Waals surface area contributed by atoms with E-state index in [-0.39, 0.29) is 17.0 Å². The second kappa shape index (κ2) is 10.1. The Morgan fingerprint density at radius 1 is 1.09 bits per heavy atom. The number of carbonyl (C=O) groups is 2. The van der Waals surface area contributed by atoms with Crippen molar-refractivity contribution in [3.8, 4) is 0 Å². The van der Waals surface area contributed by atoms with Gasteiger partial charge in [-0.3, -0.25) is 9.59 Å². The number of sulfonamides is 1. The lowest BCUT2D eigenvalue weighted by Crippen LogP contribution is -2.51. The predicted molar refractivity (Wildman–Crippen MR) is 119 cm³/mol. The van der Waals surface area contributed by atoms with Gasteiger partial charge in [0.1, 0.15) is 6.04 Å². The molecule has 0 aromatic heterocycles. The van der Waals surface area contributed by atoms with Crippen LogP contribution in [0, 0.1) is 0 Å². The van der Waals surface area contributed by atoms with Gasteiger partial charge in [0.25, 0.3) is 5.91 Å². The van der Waals surface area contributed by atoms with Crippen molar-refractivity contribution in [3.05, 3.63) is 65.2 Å². The van der Waals surface area contributed by atoms with Crippen LogP contribution < -0.4 is 5.32 Å². The molecule has 2 aromatic carbocycles. The van der Waals surface area contributed by atoms with Gasteiger partial charge in [-0.1, -0.05) is 18.2 Å². The quantitative estimate of drug-likeness (QED) is 0.664. The van der Waals surface area contributed by atoms with Gasteiger partial charge < -0.3 is 10.2 Å². The number of carbonyl (C=O) groups excluding carboxylic acids is 2. The summed E-state index contributed by atoms with van der Waals surface area (Å²) >= 11 is 0. The molecule has 11 heteroatoms. The number of benzene rings is 2. The summed E-state index contributed by atoms with van der Waals surface area (Å²) in [5.41, 5.74) is -0.118. The summed E-state index contributed by atoms with van der Waals surface area (Å²) in [5.74, 6) is -0.866. The first kappa shape index (κ1) is 25.7. The molecule has 0 spiro atoms. The van der Waals surface area contributed by atoms with E-state index in [1.165, 1.54) is 55.4 Å². The third-order valence-electron chi connectivity index (χ3n) is 5.67. The highest BCUT2D eigenvalue weighted by Crippen LogP contribution is 2.29. The fraction of sp³-hybridized carbons (Fsp3) is 0.391. The van der Waals surface area contributed by atoms with Gasteiger partial charge in [0.15, 0.2) is 0 Å². The Morgan fingerprint density at radius 2 is 1.76 bits per heavy atom. The lowest BCUT2D eigenvalue weighted by Gasteiger charge is -2.35. The van der Waals surface area contributed by atoms with Crippen molar-refractivity contribution in [2.24, 2.45) is 0 Å². The highest BCUT2D eigenvalue weighted by Gasteiger charge is 2.33. The molecular weight excluding hydrogens is 471 g/mol. The van der Waals surface area contributed by atoms with Crippen LogP contribution >= 0.6 is 0 Å². The van der Waals surface area contributed by atoms with Gasteiger partial charge in [-0.15, -0.1) is 0 Å². The summed E-state index contributed by atoms with van der Waals surface area (Å²) in [6.07, 6.45) is -2.57. The van der Waals surface area contributed by atoms with E-state index in [4.69, 9.17) is 0 Å². The van der Waals surface area contributed by atoms with Crippen LogP contribution in [0.15, 0.2) is 53.4 Å². The molecule has 7 nitrogen and oxygen atoms in total. The Morgan fingerprint density at radius 3 is 2.38 bits per heavy atom. The number of hydrogen-bond acceptors (Lipinski definition) is 4. The van der Waals surface area contributed by atoms with E-state index in [9.17, 15) is 31.2 Å². The summed E-state index contributed by atoms with van der Waals surface area (Å²) < 4.78 is 64.1. The summed E-state index contributed by atoms with van der Waals surface area (Å²) in [5, 5.41) is 2.70. The topological polar surface area (TPSA) is 86.8 Å². The Kier molecular flexibility index (Phi) is 7.67. The maximum absolute atomic E-state index is 13.2. The Labute approximate surface area is 196 Å². The summed E-state index contributed by atoms with van der Waals surface area (Å²) in [7, 11) is -0.944. The molecule has 1 saturated heterocycles. The zero-order valence-electron chi connectivity index (χ0n) is 18.8. The molecule has 2 aromatic rings. The van der Waals surface area contributed by atoms with Crippen molar-refractivity contribution in [2.45, 2.75) is 42.9 Å². The number of alkyl halides is 3. The molecule has 3 rings (SSSR count). The second-order valence-electron chi connectivity index (χ2n) is 8.24. The summed E-state index contributed by atoms with van der Waals surface area (Å²) in [6, 6.07) is 9.41. The van der Waals surface area contributed by atoms with Gasteiger partial charge >= 0.3 is 6.18 Å². The third-order valence-corrected chi connectivity index (χ3v) is 7.48. The lowest BCUT2D eigenvalue weighted by molar-refractivity contribution is -0.137. The third kappa shape index (κ3) is 5.76. The highest BCUT2D eigenvalue weighted by atomic mass is 32.2. The van der Waals surface area contributed by atoms with Crippen LogP contribution in [0.25, 0.3) is 0 Å². The van der Waals surface area contributed by atoms with Crippen molar-refractivity contribution in [3.63, 3.8) is 0 Å². The number of nitrogens with zero attached hydrogens (tertiary/aromatic N) is 2. The number of piperidine rings is 1. The van der Waals surface area contributed by atoms with Crippen molar-refractivity contribution >= 4 is 21.8 Å². The monoisotopic (exact) mass is 497 g/mol. The second-order valence-corrected chi connectivity index (χ2v) is 10.4. The number of likely N-dealkylation sites (tertiary alicyclic amines) is 1. The Bertz CT molecular complexity index is 1150. The fourth-order valence-corrected chi connectivity index (χ4v) is 4.68. The van der Waals surface area contributed by atoms with E-state index in [1.54, 1.807) is 0 Å². The average Bonchev–Trinajstić information content (AvgIpc) is 2.81. The van der Waals surface area contributed by atoms with Gasteiger partial charge in [-0.2, -0.15) is 13.2 Å². The standard InChI is InChI=1S/C23H26F3N3O4S/c1-28(2)34(32,33)19-7-5-6-17(14-19)22(31)29-13-4-3-8-20(29)21(30)27-15-16-9-11-18(12-10-16)23(24,25)26/h5-7,9-12,14,20H,3-4,8,13,15H2,1-2H3,(H,27,30)/t20-/m1/s1. The number of hydrogen-bond donors (Lipinski definition) is 1. The van der Waals surface area contributed by atoms with E-state index in [0.29, 0.717) is 24.9 Å². The Balaban J connectivity index is 1.73. The molecule has 1 atom stereocenters. The fourth-order valence-electron chi connectivity index (χ4n) is 3.73. The highest BCUT2D eigenvalue weighted by molar-refractivity contribution is 7.89. The molecule has 2 amide bonds. The minimum Gasteiger partial charge on any atom is -0.350 e. The normalized spacial score (nSPS) is 17.0. The van der Waals surface area contributed by atoms with Crippen molar-refractivity contribution in [2.75, 3.05) is 20.6 Å². The maximum atomic E-state index is 13.2. The molecule has 1 aliphatic rings. The van der Waals surface area contributed by atoms with E-state index in [1.807, 2.05) is 0 Å². The molecule has 0 bridgehead atoms. The van der Waals surface area contributed by atoms with Crippen LogP contribution in [0.4, 0.5) is 13.2 Å². The first-order valence-corrected chi connectivity index (χ1v) is 12.1. The van der Waals surface area contributed by atoms with Crippen molar-refractivity contribution < 1.29 is 31.2 Å². The summed E-state index contributed by atoms with van der Waals surface area (Å²) in [4.78, 5) is 27.5. The molecule has 1 N–H and O–H groups in total. The van der Waals surface area contributed by atoms with Gasteiger partial charge in [0.05, 0.1) is 10.5 Å². The molecule has 1 fully saturated rings. The van der Waals surface area contributed by atoms with Gasteiger partial charge in [0.2, 0.25) is 15.9 Å². The molecular formula is C23H26F3N3O4S. The summed E-state index contributed by atoms with van der Waals surface area (Å²) in [6.45, 7) is 0.355. The molecule has 0 saturated carbocycles. The van der Waals surface area contributed by atoms with Crippen LogP contribution in [0.5, 0.6) is 0 Å². The first-order chi connectivity index (χ1) is 15.9. The number of halogens is 3. The average molecular weight is 498 g/mol. The molecule has 184 valence electrons. The lowest BCUT2D eigenvalue weighted by atomic mass is 9.99. The molecule has 0 aliphatic carbocycles. The van der Waals surface area contributed by atoms with Gasteiger partial charge in [-0.05, 0) is 55.2 Å². The SMILES string of the molecule is CN(C)S(=O)(=O)c1cccc(C(=O)N2CCCC[C@@H]2C(=O)NCc2ccc(C(F)(F)F)cc2)c1. The van der Waals surface area contributed by atoms with E-state index in [0.717, 1.165) is 22.9 Å². The molecule has 34 heavy (non-hydrogen) atoms. The van der Waals surface area contributed by atoms with Crippen LogP contribution in [0.3, 0.4) is 0 Å².